The van der Waals surface area contributed by atoms with Gasteiger partial charge < -0.3 is 15.0 Å². The number of aromatic amines is 1. The number of aromatic nitrogens is 3. The second-order valence-corrected chi connectivity index (χ2v) is 7.87. The van der Waals surface area contributed by atoms with E-state index >= 15 is 0 Å². The number of carbonyl (C=O) groups is 2. The molecule has 1 unspecified atom stereocenters. The molecule has 2 heterocycles. The average molecular weight is 428 g/mol. The van der Waals surface area contributed by atoms with Crippen LogP contribution >= 0.6 is 0 Å². The van der Waals surface area contributed by atoms with Crippen molar-refractivity contribution in [2.75, 3.05) is 5.32 Å². The van der Waals surface area contributed by atoms with Gasteiger partial charge in [-0.3, -0.25) is 9.78 Å². The quantitative estimate of drug-likeness (QED) is 0.424. The van der Waals surface area contributed by atoms with Gasteiger partial charge in [-0.05, 0) is 60.9 Å². The number of amides is 1. The lowest BCUT2D eigenvalue weighted by molar-refractivity contribution is -0.123. The van der Waals surface area contributed by atoms with Crippen LogP contribution in [0.4, 0.5) is 5.69 Å². The molecule has 0 aliphatic heterocycles. The Balaban J connectivity index is 1.42. The van der Waals surface area contributed by atoms with Crippen LogP contribution in [0.3, 0.4) is 0 Å². The third-order valence-corrected chi connectivity index (χ3v) is 5.15. The fraction of sp³-hybridized carbons (Fsp3) is 0.200. The summed E-state index contributed by atoms with van der Waals surface area (Å²) in [5.41, 5.74) is 4.43. The van der Waals surface area contributed by atoms with Gasteiger partial charge >= 0.3 is 5.97 Å². The highest BCUT2D eigenvalue weighted by Gasteiger charge is 2.20. The largest absolute Gasteiger partial charge is 0.449 e. The average Bonchev–Trinajstić information content (AvgIpc) is 3.23. The number of nitrogens with zero attached hydrogens (tertiary/aromatic N) is 2. The SMILES string of the molecule is CC(OC(=O)c1ccc2nc(-c3cccnc3)[nH]c2c1)C(=O)Nc1ccc(C(C)C)cc1. The summed E-state index contributed by atoms with van der Waals surface area (Å²) >= 11 is 0. The van der Waals surface area contributed by atoms with E-state index in [1.54, 1.807) is 37.5 Å². The van der Waals surface area contributed by atoms with E-state index < -0.39 is 18.0 Å². The van der Waals surface area contributed by atoms with Gasteiger partial charge in [0.1, 0.15) is 5.82 Å². The number of anilines is 1. The maximum Gasteiger partial charge on any atom is 0.338 e. The molecule has 7 heteroatoms. The Morgan fingerprint density at radius 1 is 1.03 bits per heavy atom. The topological polar surface area (TPSA) is 97.0 Å². The van der Waals surface area contributed by atoms with E-state index in [9.17, 15) is 9.59 Å². The highest BCUT2D eigenvalue weighted by atomic mass is 16.5. The predicted molar refractivity (Wildman–Crippen MR) is 123 cm³/mol. The number of benzene rings is 2. The molecule has 162 valence electrons. The lowest BCUT2D eigenvalue weighted by Gasteiger charge is -2.14. The number of nitrogens with one attached hydrogen (secondary N) is 2. The normalized spacial score (nSPS) is 12.0. The molecule has 0 saturated carbocycles. The van der Waals surface area contributed by atoms with Crippen molar-refractivity contribution in [3.05, 3.63) is 78.1 Å². The molecule has 0 spiro atoms. The van der Waals surface area contributed by atoms with Crippen molar-refractivity contribution < 1.29 is 14.3 Å². The zero-order valence-electron chi connectivity index (χ0n) is 18.1. The summed E-state index contributed by atoms with van der Waals surface area (Å²) < 4.78 is 5.38. The summed E-state index contributed by atoms with van der Waals surface area (Å²) in [7, 11) is 0. The van der Waals surface area contributed by atoms with E-state index in [4.69, 9.17) is 4.74 Å². The van der Waals surface area contributed by atoms with Crippen LogP contribution in [0.25, 0.3) is 22.4 Å². The van der Waals surface area contributed by atoms with Gasteiger partial charge in [-0.2, -0.15) is 0 Å². The number of hydrogen-bond donors (Lipinski definition) is 2. The van der Waals surface area contributed by atoms with Crippen molar-refractivity contribution in [2.24, 2.45) is 0 Å². The Kier molecular flexibility index (Phi) is 5.98. The molecule has 4 aromatic rings. The smallest absolute Gasteiger partial charge is 0.338 e. The van der Waals surface area contributed by atoms with Crippen molar-refractivity contribution in [1.29, 1.82) is 0 Å². The number of esters is 1. The van der Waals surface area contributed by atoms with Gasteiger partial charge in [0.15, 0.2) is 6.10 Å². The van der Waals surface area contributed by atoms with Gasteiger partial charge in [-0.25, -0.2) is 9.78 Å². The van der Waals surface area contributed by atoms with E-state index in [-0.39, 0.29) is 0 Å². The summed E-state index contributed by atoms with van der Waals surface area (Å²) in [6, 6.07) is 16.4. The molecule has 2 aromatic heterocycles. The van der Waals surface area contributed by atoms with Gasteiger partial charge in [0.2, 0.25) is 0 Å². The number of carbonyl (C=O) groups excluding carboxylic acids is 2. The van der Waals surface area contributed by atoms with Gasteiger partial charge in [-0.15, -0.1) is 0 Å². The van der Waals surface area contributed by atoms with Crippen LogP contribution in [0.1, 0.15) is 42.6 Å². The molecule has 0 saturated heterocycles. The third kappa shape index (κ3) is 4.67. The third-order valence-electron chi connectivity index (χ3n) is 5.15. The van der Waals surface area contributed by atoms with Crippen LogP contribution in [0.2, 0.25) is 0 Å². The van der Waals surface area contributed by atoms with Gasteiger partial charge in [0, 0.05) is 23.6 Å². The minimum absolute atomic E-state index is 0.333. The van der Waals surface area contributed by atoms with Crippen LogP contribution < -0.4 is 5.32 Å². The first-order valence-electron chi connectivity index (χ1n) is 10.4. The first-order valence-corrected chi connectivity index (χ1v) is 10.4. The monoisotopic (exact) mass is 428 g/mol. The minimum atomic E-state index is -0.948. The molecule has 0 aliphatic carbocycles. The molecular formula is C25H24N4O3. The van der Waals surface area contributed by atoms with Gasteiger partial charge in [0.25, 0.3) is 5.91 Å². The Morgan fingerprint density at radius 2 is 1.81 bits per heavy atom. The van der Waals surface area contributed by atoms with Crippen LogP contribution in [0, 0.1) is 0 Å². The number of hydrogen-bond acceptors (Lipinski definition) is 5. The molecule has 0 bridgehead atoms. The summed E-state index contributed by atoms with van der Waals surface area (Å²) in [6.07, 6.45) is 2.46. The van der Waals surface area contributed by atoms with E-state index in [0.717, 1.165) is 11.1 Å². The Hall–Kier alpha value is -4.00. The van der Waals surface area contributed by atoms with Crippen LogP contribution in [-0.2, 0) is 9.53 Å². The first kappa shape index (κ1) is 21.2. The number of ether oxygens (including phenoxy) is 1. The summed E-state index contributed by atoms with van der Waals surface area (Å²) in [6.45, 7) is 5.76. The van der Waals surface area contributed by atoms with Gasteiger partial charge in [-0.1, -0.05) is 26.0 Å². The Bertz CT molecular complexity index is 1250. The lowest BCUT2D eigenvalue weighted by Crippen LogP contribution is -2.30. The highest BCUT2D eigenvalue weighted by Crippen LogP contribution is 2.21. The maximum atomic E-state index is 12.6. The van der Waals surface area contributed by atoms with E-state index in [2.05, 4.69) is 34.1 Å². The van der Waals surface area contributed by atoms with Gasteiger partial charge in [0.05, 0.1) is 16.6 Å². The minimum Gasteiger partial charge on any atom is -0.449 e. The zero-order chi connectivity index (χ0) is 22.7. The lowest BCUT2D eigenvalue weighted by atomic mass is 10.0. The van der Waals surface area contributed by atoms with Crippen molar-refractivity contribution in [3.8, 4) is 11.4 Å². The van der Waals surface area contributed by atoms with Crippen molar-refractivity contribution in [3.63, 3.8) is 0 Å². The molecule has 2 aromatic carbocycles. The molecule has 0 radical (unpaired) electrons. The molecule has 0 aliphatic rings. The molecule has 2 N–H and O–H groups in total. The summed E-state index contributed by atoms with van der Waals surface area (Å²) in [5.74, 6) is 0.0986. The molecule has 1 atom stereocenters. The van der Waals surface area contributed by atoms with Crippen molar-refractivity contribution in [2.45, 2.75) is 32.8 Å². The Morgan fingerprint density at radius 3 is 2.50 bits per heavy atom. The second-order valence-electron chi connectivity index (χ2n) is 7.87. The molecule has 7 nitrogen and oxygen atoms in total. The van der Waals surface area contributed by atoms with E-state index in [1.165, 1.54) is 5.56 Å². The van der Waals surface area contributed by atoms with Crippen molar-refractivity contribution >= 4 is 28.6 Å². The molecule has 4 rings (SSSR count). The van der Waals surface area contributed by atoms with E-state index in [0.29, 0.717) is 28.5 Å². The van der Waals surface area contributed by atoms with Crippen molar-refractivity contribution in [1.82, 2.24) is 15.0 Å². The standard InChI is InChI=1S/C25H24N4O3/c1-15(2)17-6-9-20(10-7-17)27-24(30)16(3)32-25(31)18-8-11-21-22(13-18)29-23(28-21)19-5-4-12-26-14-19/h4-16H,1-3H3,(H,27,30)(H,28,29). The molecule has 1 amide bonds. The van der Waals surface area contributed by atoms with Crippen LogP contribution in [0.15, 0.2) is 67.0 Å². The van der Waals surface area contributed by atoms with Crippen LogP contribution in [-0.4, -0.2) is 32.9 Å². The molecular weight excluding hydrogens is 404 g/mol. The summed E-state index contributed by atoms with van der Waals surface area (Å²) in [4.78, 5) is 36.9. The maximum absolute atomic E-state index is 12.6. The number of pyridine rings is 1. The second kappa shape index (κ2) is 9.01. The Labute approximate surface area is 185 Å². The molecule has 32 heavy (non-hydrogen) atoms. The predicted octanol–water partition coefficient (Wildman–Crippen LogP) is 4.93. The first-order chi connectivity index (χ1) is 15.4. The fourth-order valence-corrected chi connectivity index (χ4v) is 3.25. The number of fused-ring (bicyclic) bond motifs is 1. The number of H-pyrrole nitrogens is 1. The number of imidazole rings is 1. The summed E-state index contributed by atoms with van der Waals surface area (Å²) in [5, 5.41) is 2.78. The molecule has 0 fully saturated rings. The van der Waals surface area contributed by atoms with E-state index in [1.807, 2.05) is 36.4 Å². The number of rotatable bonds is 6. The zero-order valence-corrected chi connectivity index (χ0v) is 18.1. The van der Waals surface area contributed by atoms with Crippen LogP contribution in [0.5, 0.6) is 0 Å². The highest BCUT2D eigenvalue weighted by molar-refractivity contribution is 5.98. The fourth-order valence-electron chi connectivity index (χ4n) is 3.25.